The third kappa shape index (κ3) is 5.06. The number of hydrogen-bond donors (Lipinski definition) is 0. The minimum absolute atomic E-state index is 0.107. The summed E-state index contributed by atoms with van der Waals surface area (Å²) in [4.78, 5) is 12.2. The Morgan fingerprint density at radius 2 is 1.73 bits per heavy atom. The Bertz CT molecular complexity index is 575. The molecule has 0 aliphatic carbocycles. The highest BCUT2D eigenvalue weighted by Crippen LogP contribution is 2.57. The summed E-state index contributed by atoms with van der Waals surface area (Å²) in [5, 5.41) is -0.107. The van der Waals surface area contributed by atoms with Crippen LogP contribution in [-0.2, 0) is 23.1 Å². The highest BCUT2D eigenvalue weighted by atomic mass is 79.9. The van der Waals surface area contributed by atoms with Crippen molar-refractivity contribution in [1.82, 2.24) is 0 Å². The summed E-state index contributed by atoms with van der Waals surface area (Å²) >= 11 is 3.39. The molecule has 0 bridgehead atoms. The van der Waals surface area contributed by atoms with E-state index < -0.39 is 13.6 Å². The molecule has 5 nitrogen and oxygen atoms in total. The van der Waals surface area contributed by atoms with Crippen LogP contribution in [0.3, 0.4) is 0 Å². The van der Waals surface area contributed by atoms with Crippen LogP contribution in [-0.4, -0.2) is 25.8 Å². The number of halogens is 1. The van der Waals surface area contributed by atoms with Gasteiger partial charge >= 0.3 is 13.6 Å². The largest absolute Gasteiger partial charge is 0.462 e. The number of carbonyl (C=O) groups is 1. The first-order valence-corrected chi connectivity index (χ1v) is 9.35. The second-order valence-electron chi connectivity index (χ2n) is 4.10. The van der Waals surface area contributed by atoms with Crippen molar-refractivity contribution in [3.05, 3.63) is 39.6 Å². The van der Waals surface area contributed by atoms with E-state index in [-0.39, 0.29) is 25.1 Å². The molecule has 7 heteroatoms. The fraction of sp³-hybridized carbons (Fsp3) is 0.400. The van der Waals surface area contributed by atoms with Crippen molar-refractivity contribution in [2.24, 2.45) is 0 Å². The number of hydrogen-bond acceptors (Lipinski definition) is 5. The fourth-order valence-corrected chi connectivity index (χ4v) is 3.73. The van der Waals surface area contributed by atoms with Crippen LogP contribution in [0.4, 0.5) is 0 Å². The molecule has 1 aromatic carbocycles. The smallest absolute Gasteiger partial charge is 0.368 e. The Morgan fingerprint density at radius 3 is 2.23 bits per heavy atom. The Hall–Kier alpha value is -0.940. The van der Waals surface area contributed by atoms with Crippen LogP contribution in [0, 0.1) is 0 Å². The van der Waals surface area contributed by atoms with Gasteiger partial charge in [0.2, 0.25) is 0 Å². The standard InChI is InChI=1S/C15H20BrO5P/c1-4-19-15(17)14(22(18,20-5-2)21-6-3)11-12-9-7-8-10-13(12)16/h7-11H,4-6H2,1-3H3/b14-11+. The predicted octanol–water partition coefficient (Wildman–Crippen LogP) is 4.62. The summed E-state index contributed by atoms with van der Waals surface area (Å²) in [5.41, 5.74) is 0.685. The molecule has 0 fully saturated rings. The van der Waals surface area contributed by atoms with E-state index in [1.165, 1.54) is 6.08 Å². The van der Waals surface area contributed by atoms with Gasteiger partial charge in [-0.1, -0.05) is 34.1 Å². The third-order valence-corrected chi connectivity index (χ3v) is 5.40. The fourth-order valence-electron chi connectivity index (χ4n) is 1.71. The number of esters is 1. The van der Waals surface area contributed by atoms with E-state index in [4.69, 9.17) is 13.8 Å². The van der Waals surface area contributed by atoms with Gasteiger partial charge in [0.1, 0.15) is 5.31 Å². The second-order valence-corrected chi connectivity index (χ2v) is 6.95. The van der Waals surface area contributed by atoms with Gasteiger partial charge in [-0.25, -0.2) is 4.79 Å². The molecular formula is C15H20BrO5P. The van der Waals surface area contributed by atoms with Crippen LogP contribution >= 0.6 is 23.5 Å². The summed E-state index contributed by atoms with van der Waals surface area (Å²) in [6, 6.07) is 7.26. The molecule has 0 radical (unpaired) electrons. The van der Waals surface area contributed by atoms with Crippen LogP contribution in [0.15, 0.2) is 34.1 Å². The maximum Gasteiger partial charge on any atom is 0.368 e. The van der Waals surface area contributed by atoms with Crippen molar-refractivity contribution in [3.8, 4) is 0 Å². The van der Waals surface area contributed by atoms with Crippen LogP contribution < -0.4 is 0 Å². The maximum atomic E-state index is 12.9. The van der Waals surface area contributed by atoms with E-state index in [9.17, 15) is 9.36 Å². The third-order valence-electron chi connectivity index (χ3n) is 2.58. The van der Waals surface area contributed by atoms with Crippen molar-refractivity contribution in [2.75, 3.05) is 19.8 Å². The Labute approximate surface area is 139 Å². The van der Waals surface area contributed by atoms with Gasteiger partial charge < -0.3 is 13.8 Å². The summed E-state index contributed by atoms with van der Waals surface area (Å²) < 4.78 is 29.2. The first-order valence-electron chi connectivity index (χ1n) is 7.01. The first kappa shape index (κ1) is 19.1. The van der Waals surface area contributed by atoms with Crippen LogP contribution in [0.2, 0.25) is 0 Å². The van der Waals surface area contributed by atoms with E-state index in [1.54, 1.807) is 26.8 Å². The molecule has 0 amide bonds. The molecule has 0 saturated carbocycles. The van der Waals surface area contributed by atoms with Crippen LogP contribution in [0.5, 0.6) is 0 Å². The predicted molar refractivity (Wildman–Crippen MR) is 89.6 cm³/mol. The van der Waals surface area contributed by atoms with E-state index in [1.807, 2.05) is 18.2 Å². The molecule has 1 aromatic rings. The molecule has 0 heterocycles. The lowest BCUT2D eigenvalue weighted by Gasteiger charge is -2.19. The summed E-state index contributed by atoms with van der Waals surface area (Å²) in [5.74, 6) is -0.705. The van der Waals surface area contributed by atoms with Crippen LogP contribution in [0.1, 0.15) is 26.3 Å². The lowest BCUT2D eigenvalue weighted by Crippen LogP contribution is -2.11. The number of ether oxygens (including phenoxy) is 1. The zero-order valence-corrected chi connectivity index (χ0v) is 15.4. The molecule has 0 aromatic heterocycles. The average molecular weight is 391 g/mol. The van der Waals surface area contributed by atoms with Crippen molar-refractivity contribution in [3.63, 3.8) is 0 Å². The molecular weight excluding hydrogens is 371 g/mol. The molecule has 0 atom stereocenters. The molecule has 0 unspecified atom stereocenters. The molecule has 0 aliphatic rings. The van der Waals surface area contributed by atoms with Gasteiger partial charge in [0.25, 0.3) is 0 Å². The van der Waals surface area contributed by atoms with Gasteiger partial charge in [-0.2, -0.15) is 0 Å². The Balaban J connectivity index is 3.37. The van der Waals surface area contributed by atoms with Gasteiger partial charge in [0.15, 0.2) is 0 Å². The number of carbonyl (C=O) groups excluding carboxylic acids is 1. The highest BCUT2D eigenvalue weighted by molar-refractivity contribution is 9.10. The lowest BCUT2D eigenvalue weighted by atomic mass is 10.2. The van der Waals surface area contributed by atoms with Gasteiger partial charge in [-0.05, 0) is 38.5 Å². The summed E-state index contributed by atoms with van der Waals surface area (Å²) in [6.45, 7) is 5.54. The van der Waals surface area contributed by atoms with Gasteiger partial charge in [-0.15, -0.1) is 0 Å². The van der Waals surface area contributed by atoms with Crippen molar-refractivity contribution in [1.29, 1.82) is 0 Å². The Kier molecular flexibility index (Phi) is 8.04. The maximum absolute atomic E-state index is 12.9. The van der Waals surface area contributed by atoms with E-state index in [2.05, 4.69) is 15.9 Å². The van der Waals surface area contributed by atoms with E-state index >= 15 is 0 Å². The Morgan fingerprint density at radius 1 is 1.14 bits per heavy atom. The second kappa shape index (κ2) is 9.26. The van der Waals surface area contributed by atoms with Gasteiger partial charge in [-0.3, -0.25) is 4.57 Å². The molecule has 0 saturated heterocycles. The topological polar surface area (TPSA) is 61.8 Å². The molecule has 0 N–H and O–H groups in total. The van der Waals surface area contributed by atoms with Crippen LogP contribution in [0.25, 0.3) is 6.08 Å². The quantitative estimate of drug-likeness (QED) is 0.368. The minimum Gasteiger partial charge on any atom is -0.462 e. The lowest BCUT2D eigenvalue weighted by molar-refractivity contribution is -0.137. The van der Waals surface area contributed by atoms with Crippen molar-refractivity contribution >= 4 is 35.6 Å². The SMILES string of the molecule is CCOC(=O)/C(=C\c1ccccc1Br)P(=O)(OCC)OCC. The normalized spacial score (nSPS) is 12.3. The van der Waals surface area contributed by atoms with Gasteiger partial charge in [0, 0.05) is 4.47 Å². The molecule has 22 heavy (non-hydrogen) atoms. The molecule has 1 rings (SSSR count). The number of benzene rings is 1. The summed E-state index contributed by atoms with van der Waals surface area (Å²) in [6.07, 6.45) is 1.48. The first-order chi connectivity index (χ1) is 10.5. The zero-order chi connectivity index (χ0) is 16.6. The van der Waals surface area contributed by atoms with Gasteiger partial charge in [0.05, 0.1) is 19.8 Å². The highest BCUT2D eigenvalue weighted by Gasteiger charge is 2.36. The summed E-state index contributed by atoms with van der Waals surface area (Å²) in [7, 11) is -3.73. The average Bonchev–Trinajstić information content (AvgIpc) is 2.47. The van der Waals surface area contributed by atoms with E-state index in [0.717, 1.165) is 4.47 Å². The van der Waals surface area contributed by atoms with Crippen molar-refractivity contribution in [2.45, 2.75) is 20.8 Å². The monoisotopic (exact) mass is 390 g/mol. The minimum atomic E-state index is -3.73. The molecule has 0 aliphatic heterocycles. The number of rotatable bonds is 8. The zero-order valence-electron chi connectivity index (χ0n) is 12.9. The molecule has 122 valence electrons. The van der Waals surface area contributed by atoms with E-state index in [0.29, 0.717) is 5.56 Å². The van der Waals surface area contributed by atoms with Crippen molar-refractivity contribution < 1.29 is 23.1 Å². The molecule has 0 spiro atoms.